The zero-order chi connectivity index (χ0) is 13.7. The van der Waals surface area contributed by atoms with Gasteiger partial charge in [0.05, 0.1) is 6.54 Å². The van der Waals surface area contributed by atoms with Crippen molar-refractivity contribution in [2.75, 3.05) is 5.73 Å². The van der Waals surface area contributed by atoms with Crippen LogP contribution in [0.25, 0.3) is 11.0 Å². The van der Waals surface area contributed by atoms with E-state index in [1.54, 1.807) is 6.20 Å². The Balaban J connectivity index is 1.91. The monoisotopic (exact) mass is 270 g/mol. The zero-order valence-electron chi connectivity index (χ0n) is 11.0. The molecule has 2 aromatic heterocycles. The molecule has 0 saturated heterocycles. The molecular weight excluding hydrogens is 256 g/mol. The lowest BCUT2D eigenvalue weighted by molar-refractivity contribution is 0.257. The molecule has 0 aliphatic carbocycles. The van der Waals surface area contributed by atoms with Gasteiger partial charge < -0.3 is 15.0 Å². The molecule has 2 N–H and O–H groups in total. The summed E-state index contributed by atoms with van der Waals surface area (Å²) in [6.07, 6.45) is 4.71. The summed E-state index contributed by atoms with van der Waals surface area (Å²) >= 11 is 0. The molecule has 1 aromatic carbocycles. The molecule has 6 nitrogen and oxygen atoms in total. The van der Waals surface area contributed by atoms with Crippen LogP contribution in [0, 0.1) is 0 Å². The fourth-order valence-electron chi connectivity index (χ4n) is 2.78. The van der Waals surface area contributed by atoms with E-state index in [1.807, 2.05) is 29.9 Å². The topological polar surface area (TPSA) is 79.1 Å². The second-order valence-corrected chi connectivity index (χ2v) is 5.12. The number of ether oxygens (including phenoxy) is 1. The van der Waals surface area contributed by atoms with Crippen molar-refractivity contribution in [3.8, 4) is 5.75 Å². The van der Waals surface area contributed by atoms with Crippen LogP contribution in [-0.2, 0) is 13.0 Å². The molecule has 4 rings (SSSR count). The summed E-state index contributed by atoms with van der Waals surface area (Å²) in [5.41, 5.74) is 8.85. The average molecular weight is 270 g/mol. The number of aromatic nitrogens is 3. The van der Waals surface area contributed by atoms with E-state index in [9.17, 15) is 0 Å². The standard InChI is InChI=1S/C14H14N4O2/c1-8-5-10-9(7-18-4-2-3-16-18)6-11-12(13(10)19-8)14(15)17-20-11/h2-4,6,8H,5,7H2,1H3,(H2,15,17). The van der Waals surface area contributed by atoms with Crippen LogP contribution < -0.4 is 10.5 Å². The second kappa shape index (κ2) is 4.00. The molecule has 1 unspecified atom stereocenters. The van der Waals surface area contributed by atoms with Crippen molar-refractivity contribution < 1.29 is 9.26 Å². The first-order chi connectivity index (χ1) is 9.72. The van der Waals surface area contributed by atoms with Gasteiger partial charge in [0.15, 0.2) is 11.4 Å². The Hall–Kier alpha value is -2.50. The molecule has 102 valence electrons. The molecule has 0 amide bonds. The van der Waals surface area contributed by atoms with Gasteiger partial charge in [-0.1, -0.05) is 5.16 Å². The highest BCUT2D eigenvalue weighted by Crippen LogP contribution is 2.41. The first kappa shape index (κ1) is 11.3. The molecule has 3 heterocycles. The van der Waals surface area contributed by atoms with Crippen LogP contribution in [0.1, 0.15) is 18.1 Å². The number of nitrogen functional groups attached to an aromatic ring is 1. The molecule has 20 heavy (non-hydrogen) atoms. The number of hydrogen-bond acceptors (Lipinski definition) is 5. The van der Waals surface area contributed by atoms with Crippen LogP contribution in [0.4, 0.5) is 5.82 Å². The lowest BCUT2D eigenvalue weighted by atomic mass is 10.0. The van der Waals surface area contributed by atoms with Crippen molar-refractivity contribution in [1.29, 1.82) is 0 Å². The maximum atomic E-state index is 5.91. The first-order valence-corrected chi connectivity index (χ1v) is 6.56. The fourth-order valence-corrected chi connectivity index (χ4v) is 2.78. The van der Waals surface area contributed by atoms with Gasteiger partial charge in [0, 0.05) is 24.4 Å². The molecule has 1 aliphatic heterocycles. The van der Waals surface area contributed by atoms with Gasteiger partial charge in [-0.2, -0.15) is 5.10 Å². The molecule has 6 heteroatoms. The maximum absolute atomic E-state index is 5.91. The molecule has 0 spiro atoms. The van der Waals surface area contributed by atoms with E-state index in [-0.39, 0.29) is 6.10 Å². The third-order valence-electron chi connectivity index (χ3n) is 3.64. The molecule has 1 atom stereocenters. The maximum Gasteiger partial charge on any atom is 0.178 e. The van der Waals surface area contributed by atoms with E-state index in [0.717, 1.165) is 23.1 Å². The predicted molar refractivity (Wildman–Crippen MR) is 73.5 cm³/mol. The van der Waals surface area contributed by atoms with Crippen LogP contribution in [-0.4, -0.2) is 21.0 Å². The molecule has 0 bridgehead atoms. The van der Waals surface area contributed by atoms with Crippen LogP contribution in [0.3, 0.4) is 0 Å². The van der Waals surface area contributed by atoms with Gasteiger partial charge in [-0.25, -0.2) is 0 Å². The van der Waals surface area contributed by atoms with E-state index < -0.39 is 0 Å². The summed E-state index contributed by atoms with van der Waals surface area (Å²) in [5, 5.41) is 8.87. The van der Waals surface area contributed by atoms with E-state index >= 15 is 0 Å². The summed E-state index contributed by atoms with van der Waals surface area (Å²) in [6.45, 7) is 2.73. The van der Waals surface area contributed by atoms with Gasteiger partial charge >= 0.3 is 0 Å². The zero-order valence-corrected chi connectivity index (χ0v) is 11.0. The first-order valence-electron chi connectivity index (χ1n) is 6.56. The Morgan fingerprint density at radius 1 is 1.50 bits per heavy atom. The Labute approximate surface area is 115 Å². The minimum absolute atomic E-state index is 0.140. The number of anilines is 1. The van der Waals surface area contributed by atoms with Gasteiger partial charge in [-0.15, -0.1) is 0 Å². The minimum Gasteiger partial charge on any atom is -0.489 e. The number of rotatable bonds is 2. The molecular formula is C14H14N4O2. The van der Waals surface area contributed by atoms with E-state index in [4.69, 9.17) is 15.0 Å². The predicted octanol–water partition coefficient (Wildman–Crippen LogP) is 1.98. The quantitative estimate of drug-likeness (QED) is 0.770. The Morgan fingerprint density at radius 3 is 3.20 bits per heavy atom. The number of benzene rings is 1. The van der Waals surface area contributed by atoms with Crippen LogP contribution in [0.15, 0.2) is 29.0 Å². The van der Waals surface area contributed by atoms with Crippen molar-refractivity contribution >= 4 is 16.8 Å². The van der Waals surface area contributed by atoms with Gasteiger partial charge in [0.2, 0.25) is 0 Å². The van der Waals surface area contributed by atoms with Crippen molar-refractivity contribution in [2.24, 2.45) is 0 Å². The van der Waals surface area contributed by atoms with Crippen LogP contribution >= 0.6 is 0 Å². The van der Waals surface area contributed by atoms with Gasteiger partial charge in [0.1, 0.15) is 17.2 Å². The summed E-state index contributed by atoms with van der Waals surface area (Å²) in [5.74, 6) is 1.20. The highest BCUT2D eigenvalue weighted by Gasteiger charge is 2.28. The van der Waals surface area contributed by atoms with Crippen molar-refractivity contribution in [2.45, 2.75) is 26.0 Å². The number of fused-ring (bicyclic) bond motifs is 3. The van der Waals surface area contributed by atoms with Crippen molar-refractivity contribution in [3.05, 3.63) is 35.7 Å². The fraction of sp³-hybridized carbons (Fsp3) is 0.286. The summed E-state index contributed by atoms with van der Waals surface area (Å²) in [4.78, 5) is 0. The number of hydrogen-bond donors (Lipinski definition) is 1. The Bertz CT molecular complexity index is 776. The molecule has 1 aliphatic rings. The third-order valence-corrected chi connectivity index (χ3v) is 3.64. The van der Waals surface area contributed by atoms with Gasteiger partial charge in [0.25, 0.3) is 0 Å². The highest BCUT2D eigenvalue weighted by molar-refractivity contribution is 5.95. The third kappa shape index (κ3) is 1.57. The highest BCUT2D eigenvalue weighted by atomic mass is 16.5. The van der Waals surface area contributed by atoms with Gasteiger partial charge in [-0.3, -0.25) is 4.68 Å². The average Bonchev–Trinajstić information content (AvgIpc) is 3.10. The molecule has 3 aromatic rings. The van der Waals surface area contributed by atoms with E-state index in [2.05, 4.69) is 10.3 Å². The lowest BCUT2D eigenvalue weighted by Gasteiger charge is -2.08. The lowest BCUT2D eigenvalue weighted by Crippen LogP contribution is -2.06. The SMILES string of the molecule is CC1Cc2c(Cn3cccn3)cc3onc(N)c3c2O1. The second-order valence-electron chi connectivity index (χ2n) is 5.12. The molecule has 0 fully saturated rings. The summed E-state index contributed by atoms with van der Waals surface area (Å²) < 4.78 is 13.1. The molecule has 0 saturated carbocycles. The summed E-state index contributed by atoms with van der Waals surface area (Å²) in [6, 6.07) is 3.89. The number of nitrogens with two attached hydrogens (primary N) is 1. The summed E-state index contributed by atoms with van der Waals surface area (Å²) in [7, 11) is 0. The van der Waals surface area contributed by atoms with E-state index in [0.29, 0.717) is 17.9 Å². The van der Waals surface area contributed by atoms with Crippen LogP contribution in [0.5, 0.6) is 5.75 Å². The molecule has 0 radical (unpaired) electrons. The van der Waals surface area contributed by atoms with Crippen LogP contribution in [0.2, 0.25) is 0 Å². The van der Waals surface area contributed by atoms with Gasteiger partial charge in [-0.05, 0) is 24.6 Å². The number of nitrogens with zero attached hydrogens (tertiary/aromatic N) is 3. The van der Waals surface area contributed by atoms with Crippen molar-refractivity contribution in [3.63, 3.8) is 0 Å². The largest absolute Gasteiger partial charge is 0.489 e. The smallest absolute Gasteiger partial charge is 0.178 e. The van der Waals surface area contributed by atoms with E-state index in [1.165, 1.54) is 5.56 Å². The normalized spacial score (nSPS) is 17.4. The van der Waals surface area contributed by atoms with Crippen molar-refractivity contribution in [1.82, 2.24) is 14.9 Å². The Morgan fingerprint density at radius 2 is 2.40 bits per heavy atom. The minimum atomic E-state index is 0.140. The Kier molecular flexibility index (Phi) is 2.26.